The number of aliphatic hydroxyl groups is 1. The lowest BCUT2D eigenvalue weighted by molar-refractivity contribution is 0.200. The van der Waals surface area contributed by atoms with E-state index in [1.165, 1.54) is 0 Å². The van der Waals surface area contributed by atoms with Gasteiger partial charge in [0.1, 0.15) is 0 Å². The fourth-order valence-corrected chi connectivity index (χ4v) is 1.16. The van der Waals surface area contributed by atoms with E-state index in [-0.39, 0.29) is 6.61 Å². The van der Waals surface area contributed by atoms with Crippen molar-refractivity contribution in [2.45, 2.75) is 25.3 Å². The van der Waals surface area contributed by atoms with Crippen LogP contribution in [-0.2, 0) is 0 Å². The van der Waals surface area contributed by atoms with Gasteiger partial charge in [-0.15, -0.1) is 0 Å². The Labute approximate surface area is 69.2 Å². The first-order chi connectivity index (χ1) is 5.22. The van der Waals surface area contributed by atoms with Crippen LogP contribution in [0.25, 0.3) is 0 Å². The summed E-state index contributed by atoms with van der Waals surface area (Å²) in [6.07, 6.45) is 2.99. The summed E-state index contributed by atoms with van der Waals surface area (Å²) in [6.45, 7) is 1.02. The minimum absolute atomic E-state index is 0.271. The van der Waals surface area contributed by atoms with Gasteiger partial charge in [0.15, 0.2) is 0 Å². The molecule has 0 amide bonds. The molecule has 0 spiro atoms. The van der Waals surface area contributed by atoms with Gasteiger partial charge in [0.05, 0.1) is 0 Å². The largest absolute Gasteiger partial charge is 0.396 e. The molecule has 0 aromatic heterocycles. The van der Waals surface area contributed by atoms with Gasteiger partial charge in [0.2, 0.25) is 0 Å². The monoisotopic (exact) mass is 160 g/mol. The summed E-state index contributed by atoms with van der Waals surface area (Å²) in [4.78, 5) is 2.14. The van der Waals surface area contributed by atoms with E-state index in [1.807, 2.05) is 14.1 Å². The predicted octanol–water partition coefficient (Wildman–Crippen LogP) is 0.0379. The number of nitrogens with two attached hydrogens (primary N) is 1. The lowest BCUT2D eigenvalue weighted by atomic mass is 10.1. The van der Waals surface area contributed by atoms with Crippen LogP contribution in [0, 0.1) is 0 Å². The van der Waals surface area contributed by atoms with Crippen LogP contribution < -0.4 is 5.73 Å². The van der Waals surface area contributed by atoms with E-state index in [0.29, 0.717) is 6.04 Å². The molecule has 1 unspecified atom stereocenters. The standard InChI is InChI=1S/C8H20N2O/c1-10(2)8(5-7-11)4-3-6-9/h8,11H,3-7,9H2,1-2H3. The average Bonchev–Trinajstić information content (AvgIpc) is 1.97. The predicted molar refractivity (Wildman–Crippen MR) is 47.5 cm³/mol. The molecular formula is C8H20N2O. The Morgan fingerprint density at radius 3 is 2.36 bits per heavy atom. The zero-order valence-corrected chi connectivity index (χ0v) is 7.58. The van der Waals surface area contributed by atoms with Crippen molar-refractivity contribution in [3.63, 3.8) is 0 Å². The van der Waals surface area contributed by atoms with Gasteiger partial charge in [-0.05, 0) is 39.9 Å². The Morgan fingerprint density at radius 2 is 2.00 bits per heavy atom. The smallest absolute Gasteiger partial charge is 0.0445 e. The third-order valence-corrected chi connectivity index (χ3v) is 1.93. The van der Waals surface area contributed by atoms with Crippen LogP contribution in [0.15, 0.2) is 0 Å². The van der Waals surface area contributed by atoms with E-state index in [4.69, 9.17) is 10.8 Å². The van der Waals surface area contributed by atoms with Crippen molar-refractivity contribution in [1.82, 2.24) is 4.90 Å². The molecule has 68 valence electrons. The SMILES string of the molecule is CN(C)C(CCO)CCCN. The summed E-state index contributed by atoms with van der Waals surface area (Å²) < 4.78 is 0. The second-order valence-electron chi connectivity index (χ2n) is 3.06. The number of aliphatic hydroxyl groups excluding tert-OH is 1. The first-order valence-electron chi connectivity index (χ1n) is 4.19. The summed E-state index contributed by atoms with van der Waals surface area (Å²) in [6, 6.07) is 0.489. The Hall–Kier alpha value is -0.120. The van der Waals surface area contributed by atoms with E-state index in [9.17, 15) is 0 Å². The van der Waals surface area contributed by atoms with Crippen molar-refractivity contribution in [3.8, 4) is 0 Å². The van der Waals surface area contributed by atoms with E-state index in [1.54, 1.807) is 0 Å². The van der Waals surface area contributed by atoms with Crippen LogP contribution in [0.4, 0.5) is 0 Å². The van der Waals surface area contributed by atoms with E-state index in [0.717, 1.165) is 25.8 Å². The number of hydrogen-bond acceptors (Lipinski definition) is 3. The molecule has 0 radical (unpaired) electrons. The summed E-state index contributed by atoms with van der Waals surface area (Å²) in [5.74, 6) is 0. The molecule has 3 nitrogen and oxygen atoms in total. The third kappa shape index (κ3) is 5.18. The number of nitrogens with zero attached hydrogens (tertiary/aromatic N) is 1. The molecule has 0 bridgehead atoms. The molecule has 11 heavy (non-hydrogen) atoms. The molecule has 0 aliphatic rings. The fraction of sp³-hybridized carbons (Fsp3) is 1.00. The van der Waals surface area contributed by atoms with Crippen LogP contribution in [0.3, 0.4) is 0 Å². The van der Waals surface area contributed by atoms with Gasteiger partial charge < -0.3 is 15.7 Å². The highest BCUT2D eigenvalue weighted by Gasteiger charge is 2.08. The highest BCUT2D eigenvalue weighted by atomic mass is 16.3. The quantitative estimate of drug-likeness (QED) is 0.576. The number of hydrogen-bond donors (Lipinski definition) is 2. The molecule has 0 fully saturated rings. The fourth-order valence-electron chi connectivity index (χ4n) is 1.16. The van der Waals surface area contributed by atoms with Crippen LogP contribution in [0.5, 0.6) is 0 Å². The third-order valence-electron chi connectivity index (χ3n) is 1.93. The molecule has 0 aliphatic heterocycles. The first kappa shape index (κ1) is 10.9. The summed E-state index contributed by atoms with van der Waals surface area (Å²) >= 11 is 0. The number of rotatable bonds is 6. The topological polar surface area (TPSA) is 49.5 Å². The molecule has 0 heterocycles. The van der Waals surface area contributed by atoms with Crippen LogP contribution in [0.2, 0.25) is 0 Å². The van der Waals surface area contributed by atoms with E-state index in [2.05, 4.69) is 4.90 Å². The van der Waals surface area contributed by atoms with Crippen molar-refractivity contribution in [2.24, 2.45) is 5.73 Å². The molecule has 0 aliphatic carbocycles. The second-order valence-corrected chi connectivity index (χ2v) is 3.06. The van der Waals surface area contributed by atoms with E-state index < -0.39 is 0 Å². The molecule has 0 saturated heterocycles. The zero-order valence-electron chi connectivity index (χ0n) is 7.58. The highest BCUT2D eigenvalue weighted by molar-refractivity contribution is 4.65. The van der Waals surface area contributed by atoms with Gasteiger partial charge in [-0.3, -0.25) is 0 Å². The highest BCUT2D eigenvalue weighted by Crippen LogP contribution is 2.06. The van der Waals surface area contributed by atoms with Gasteiger partial charge in [0.25, 0.3) is 0 Å². The Kier molecular flexibility index (Phi) is 6.51. The molecule has 3 N–H and O–H groups in total. The second kappa shape index (κ2) is 6.58. The minimum Gasteiger partial charge on any atom is -0.396 e. The van der Waals surface area contributed by atoms with Crippen LogP contribution >= 0.6 is 0 Å². The van der Waals surface area contributed by atoms with Crippen molar-refractivity contribution < 1.29 is 5.11 Å². The van der Waals surface area contributed by atoms with Crippen molar-refractivity contribution >= 4 is 0 Å². The van der Waals surface area contributed by atoms with Gasteiger partial charge in [0, 0.05) is 12.6 Å². The van der Waals surface area contributed by atoms with E-state index >= 15 is 0 Å². The van der Waals surface area contributed by atoms with Crippen molar-refractivity contribution in [1.29, 1.82) is 0 Å². The van der Waals surface area contributed by atoms with Crippen molar-refractivity contribution in [3.05, 3.63) is 0 Å². The molecule has 0 aromatic rings. The summed E-state index contributed by atoms with van der Waals surface area (Å²) in [5, 5.41) is 8.73. The minimum atomic E-state index is 0.271. The average molecular weight is 160 g/mol. The maximum absolute atomic E-state index is 8.73. The Bertz CT molecular complexity index is 86.2. The molecule has 1 atom stereocenters. The lowest BCUT2D eigenvalue weighted by Crippen LogP contribution is -2.29. The molecule has 0 saturated carbocycles. The summed E-state index contributed by atoms with van der Waals surface area (Å²) in [5.41, 5.74) is 5.39. The molecule has 3 heteroatoms. The normalized spacial score (nSPS) is 13.9. The maximum Gasteiger partial charge on any atom is 0.0445 e. The van der Waals surface area contributed by atoms with Gasteiger partial charge in [-0.2, -0.15) is 0 Å². The maximum atomic E-state index is 8.73. The molecule has 0 aromatic carbocycles. The molecule has 0 rings (SSSR count). The van der Waals surface area contributed by atoms with Gasteiger partial charge >= 0.3 is 0 Å². The van der Waals surface area contributed by atoms with Crippen LogP contribution in [-0.4, -0.2) is 43.3 Å². The Morgan fingerprint density at radius 1 is 1.36 bits per heavy atom. The lowest BCUT2D eigenvalue weighted by Gasteiger charge is -2.22. The first-order valence-corrected chi connectivity index (χ1v) is 4.19. The molecular weight excluding hydrogens is 140 g/mol. The van der Waals surface area contributed by atoms with Gasteiger partial charge in [-0.25, -0.2) is 0 Å². The van der Waals surface area contributed by atoms with Gasteiger partial charge in [-0.1, -0.05) is 0 Å². The Balaban J connectivity index is 3.51. The summed E-state index contributed by atoms with van der Waals surface area (Å²) in [7, 11) is 4.08. The van der Waals surface area contributed by atoms with Crippen molar-refractivity contribution in [2.75, 3.05) is 27.2 Å². The zero-order chi connectivity index (χ0) is 8.69. The van der Waals surface area contributed by atoms with Crippen LogP contribution in [0.1, 0.15) is 19.3 Å².